The fourth-order valence-corrected chi connectivity index (χ4v) is 3.13. The number of ether oxygens (including phenoxy) is 2. The molecule has 1 aliphatic rings. The molecule has 1 aliphatic heterocycles. The molecule has 1 heterocycles. The van der Waals surface area contributed by atoms with Gasteiger partial charge in [-0.2, -0.15) is 0 Å². The Morgan fingerprint density at radius 1 is 1.42 bits per heavy atom. The number of rotatable bonds is 5. The molecule has 0 aromatic rings. The Balaban J connectivity index is 3.17. The summed E-state index contributed by atoms with van der Waals surface area (Å²) in [5, 5.41) is 0. The van der Waals surface area contributed by atoms with Crippen molar-refractivity contribution in [3.63, 3.8) is 0 Å². The molecule has 0 aliphatic carbocycles. The smallest absolute Gasteiger partial charge is 0.355 e. The normalized spacial score (nSPS) is 24.0. The summed E-state index contributed by atoms with van der Waals surface area (Å²) in [5.74, 6) is -0.585. The fraction of sp³-hybridized carbons (Fsp3) is 0.750. The third-order valence-corrected chi connectivity index (χ3v) is 3.86. The fourth-order valence-electron chi connectivity index (χ4n) is 2.06. The van der Waals surface area contributed by atoms with E-state index in [0.717, 1.165) is 10.6 Å². The van der Waals surface area contributed by atoms with Crippen LogP contribution in [0, 0.1) is 5.92 Å². The number of allylic oxidation sites excluding steroid dienone is 1. The molecule has 0 N–H and O–H groups in total. The topological polar surface area (TPSA) is 72.9 Å². The van der Waals surface area contributed by atoms with E-state index in [0.29, 0.717) is 13.0 Å². The zero-order valence-electron chi connectivity index (χ0n) is 11.8. The minimum absolute atomic E-state index is 0.0431. The van der Waals surface area contributed by atoms with Crippen LogP contribution in [0.25, 0.3) is 0 Å². The highest BCUT2D eigenvalue weighted by Gasteiger charge is 2.37. The molecule has 0 aromatic heterocycles. The molecular formula is C12H21NO5S. The maximum atomic E-state index is 11.9. The highest BCUT2D eigenvalue weighted by molar-refractivity contribution is 7.88. The first kappa shape index (κ1) is 16.0. The van der Waals surface area contributed by atoms with Gasteiger partial charge in [-0.3, -0.25) is 0 Å². The van der Waals surface area contributed by atoms with E-state index in [1.54, 1.807) is 19.9 Å². The second-order valence-corrected chi connectivity index (χ2v) is 6.31. The predicted molar refractivity (Wildman–Crippen MR) is 70.6 cm³/mol. The summed E-state index contributed by atoms with van der Waals surface area (Å²) in [6.45, 7) is 5.94. The number of carbonyl (C=O) groups is 1. The summed E-state index contributed by atoms with van der Waals surface area (Å²) >= 11 is 0. The van der Waals surface area contributed by atoms with E-state index in [4.69, 9.17) is 9.47 Å². The van der Waals surface area contributed by atoms with Crippen LogP contribution >= 0.6 is 0 Å². The summed E-state index contributed by atoms with van der Waals surface area (Å²) < 4.78 is 35.2. The molecule has 0 fully saturated rings. The van der Waals surface area contributed by atoms with Gasteiger partial charge >= 0.3 is 5.97 Å². The number of nitrogens with zero attached hydrogens (tertiary/aromatic N) is 1. The Bertz CT molecular complexity index is 457. The van der Waals surface area contributed by atoms with Crippen molar-refractivity contribution in [3.05, 3.63) is 11.8 Å². The molecule has 1 rings (SSSR count). The first-order valence-corrected chi connectivity index (χ1v) is 8.16. The zero-order valence-corrected chi connectivity index (χ0v) is 12.6. The third-order valence-electron chi connectivity index (χ3n) is 2.72. The molecule has 2 atom stereocenters. The van der Waals surface area contributed by atoms with Gasteiger partial charge < -0.3 is 9.47 Å². The Morgan fingerprint density at radius 2 is 2.05 bits per heavy atom. The van der Waals surface area contributed by atoms with Gasteiger partial charge in [0, 0.05) is 6.61 Å². The van der Waals surface area contributed by atoms with Gasteiger partial charge in [-0.05, 0) is 32.3 Å². The van der Waals surface area contributed by atoms with Crippen LogP contribution in [0.4, 0.5) is 0 Å². The number of hydrogen-bond donors (Lipinski definition) is 0. The van der Waals surface area contributed by atoms with Crippen LogP contribution in [0.3, 0.4) is 0 Å². The lowest BCUT2D eigenvalue weighted by atomic mass is 10.0. The van der Waals surface area contributed by atoms with Gasteiger partial charge in [-0.1, -0.05) is 6.92 Å². The van der Waals surface area contributed by atoms with Crippen molar-refractivity contribution in [1.29, 1.82) is 0 Å². The number of sulfonamides is 1. The van der Waals surface area contributed by atoms with E-state index in [9.17, 15) is 13.2 Å². The lowest BCUT2D eigenvalue weighted by molar-refractivity contribution is -0.142. The Morgan fingerprint density at radius 3 is 2.53 bits per heavy atom. The SMILES string of the molecule is CCOC(=O)C1=CC(C)CC(OCC)N1S(C)(=O)=O. The molecule has 0 aromatic carbocycles. The summed E-state index contributed by atoms with van der Waals surface area (Å²) in [4.78, 5) is 11.9. The molecule has 6 nitrogen and oxygen atoms in total. The average molecular weight is 291 g/mol. The quantitative estimate of drug-likeness (QED) is 0.709. The molecule has 0 spiro atoms. The monoisotopic (exact) mass is 291 g/mol. The van der Waals surface area contributed by atoms with Crippen LogP contribution in [0.1, 0.15) is 27.2 Å². The summed E-state index contributed by atoms with van der Waals surface area (Å²) in [6, 6.07) is 0. The molecule has 0 radical (unpaired) electrons. The number of esters is 1. The maximum absolute atomic E-state index is 11.9. The summed E-state index contributed by atoms with van der Waals surface area (Å²) in [5.41, 5.74) is 0.0431. The number of hydrogen-bond acceptors (Lipinski definition) is 5. The predicted octanol–water partition coefficient (Wildman–Crippen LogP) is 1.10. The third kappa shape index (κ3) is 3.94. The van der Waals surface area contributed by atoms with Crippen LogP contribution in [0.15, 0.2) is 11.8 Å². The summed E-state index contributed by atoms with van der Waals surface area (Å²) in [6.07, 6.45) is 2.54. The van der Waals surface area contributed by atoms with E-state index in [1.807, 2.05) is 6.92 Å². The molecular weight excluding hydrogens is 270 g/mol. The second-order valence-electron chi connectivity index (χ2n) is 4.45. The van der Waals surface area contributed by atoms with E-state index in [1.165, 1.54) is 0 Å². The van der Waals surface area contributed by atoms with Crippen LogP contribution < -0.4 is 0 Å². The van der Waals surface area contributed by atoms with E-state index in [2.05, 4.69) is 0 Å². The van der Waals surface area contributed by atoms with Gasteiger partial charge in [0.1, 0.15) is 11.9 Å². The van der Waals surface area contributed by atoms with Crippen molar-refractivity contribution in [2.24, 2.45) is 5.92 Å². The highest BCUT2D eigenvalue weighted by Crippen LogP contribution is 2.29. The molecule has 0 saturated heterocycles. The zero-order chi connectivity index (χ0) is 14.6. The van der Waals surface area contributed by atoms with Crippen molar-refractivity contribution in [2.75, 3.05) is 19.5 Å². The van der Waals surface area contributed by atoms with Gasteiger partial charge in [-0.25, -0.2) is 17.5 Å². The first-order chi connectivity index (χ1) is 8.81. The lowest BCUT2D eigenvalue weighted by Gasteiger charge is -2.36. The van der Waals surface area contributed by atoms with Gasteiger partial charge in [-0.15, -0.1) is 0 Å². The standard InChI is InChI=1S/C12H21NO5S/c1-5-17-11-8-9(3)7-10(12(14)18-6-2)13(11)19(4,15)16/h7,9,11H,5-6,8H2,1-4H3. The van der Waals surface area contributed by atoms with Crippen molar-refractivity contribution >= 4 is 16.0 Å². The lowest BCUT2D eigenvalue weighted by Crippen LogP contribution is -2.46. The van der Waals surface area contributed by atoms with Crippen LogP contribution in [-0.4, -0.2) is 44.4 Å². The summed E-state index contributed by atoms with van der Waals surface area (Å²) in [7, 11) is -3.59. The van der Waals surface area contributed by atoms with E-state index in [-0.39, 0.29) is 18.2 Å². The number of carbonyl (C=O) groups excluding carboxylic acids is 1. The van der Waals surface area contributed by atoms with Crippen LogP contribution in [0.5, 0.6) is 0 Å². The minimum Gasteiger partial charge on any atom is -0.461 e. The van der Waals surface area contributed by atoms with E-state index < -0.39 is 22.2 Å². The largest absolute Gasteiger partial charge is 0.461 e. The second kappa shape index (κ2) is 6.38. The Hall–Kier alpha value is -1.08. The molecule has 19 heavy (non-hydrogen) atoms. The molecule has 0 bridgehead atoms. The van der Waals surface area contributed by atoms with Crippen LogP contribution in [-0.2, 0) is 24.3 Å². The van der Waals surface area contributed by atoms with Gasteiger partial charge in [0.2, 0.25) is 10.0 Å². The average Bonchev–Trinajstić information content (AvgIpc) is 2.27. The Labute approximate surface area is 114 Å². The minimum atomic E-state index is -3.59. The van der Waals surface area contributed by atoms with Crippen molar-refractivity contribution < 1.29 is 22.7 Å². The Kier molecular flexibility index (Phi) is 5.37. The molecule has 0 saturated carbocycles. The van der Waals surface area contributed by atoms with E-state index >= 15 is 0 Å². The van der Waals surface area contributed by atoms with Crippen molar-refractivity contribution in [3.8, 4) is 0 Å². The molecule has 110 valence electrons. The van der Waals surface area contributed by atoms with Gasteiger partial charge in [0.25, 0.3) is 0 Å². The van der Waals surface area contributed by atoms with Crippen molar-refractivity contribution in [1.82, 2.24) is 4.31 Å². The maximum Gasteiger partial charge on any atom is 0.355 e. The van der Waals surface area contributed by atoms with Gasteiger partial charge in [0.05, 0.1) is 12.9 Å². The first-order valence-electron chi connectivity index (χ1n) is 6.31. The molecule has 2 unspecified atom stereocenters. The molecule has 7 heteroatoms. The van der Waals surface area contributed by atoms with Crippen LogP contribution in [0.2, 0.25) is 0 Å². The highest BCUT2D eigenvalue weighted by atomic mass is 32.2. The van der Waals surface area contributed by atoms with Crippen molar-refractivity contribution in [2.45, 2.75) is 33.4 Å². The van der Waals surface area contributed by atoms with Gasteiger partial charge in [0.15, 0.2) is 0 Å². The molecule has 0 amide bonds.